The Morgan fingerprint density at radius 1 is 1.57 bits per heavy atom. The largest absolute Gasteiger partial charge is 0 e. The van der Waals surface area contributed by atoms with Gasteiger partial charge in [0.25, 0.3) is 0 Å². The van der Waals surface area contributed by atoms with Crippen molar-refractivity contribution in [2.45, 2.75) is 4.76 Å². The Hall–Kier alpha value is 0.862. The van der Waals surface area contributed by atoms with E-state index in [0.717, 1.165) is 0 Å². The minimum absolute atomic E-state index is 0. The summed E-state index contributed by atoms with van der Waals surface area (Å²) in [4.78, 5) is 7.66. The van der Waals surface area contributed by atoms with Gasteiger partial charge in [0.1, 0.15) is 0 Å². The van der Waals surface area contributed by atoms with Gasteiger partial charge in [-0.05, 0) is 0 Å². The van der Waals surface area contributed by atoms with Crippen LogP contribution in [0.4, 0.5) is 0 Å². The molecule has 0 atom stereocenters. The predicted molar refractivity (Wildman–Crippen MR) is 13.6 cm³/mol. The summed E-state index contributed by atoms with van der Waals surface area (Å²) in [6.07, 6.45) is 0. The molecule has 4 nitrogen and oxygen atoms in total. The zero-order valence-corrected chi connectivity index (χ0v) is 8.17. The third-order valence-corrected chi connectivity index (χ3v) is 1.14. The van der Waals surface area contributed by atoms with Gasteiger partial charge in [0.15, 0.2) is 0 Å². The van der Waals surface area contributed by atoms with Crippen LogP contribution in [0.5, 0.6) is 0 Å². The molecule has 1 aliphatic rings. The van der Waals surface area contributed by atoms with Crippen molar-refractivity contribution in [3.8, 4) is 0 Å². The molecule has 0 aromatic carbocycles. The fourth-order valence-electron chi connectivity index (χ4n) is 0.0677. The summed E-state index contributed by atoms with van der Waals surface area (Å²) < 4.78 is 7.94. The zero-order chi connectivity index (χ0) is 4.62. The molecule has 0 aliphatic carbocycles. The van der Waals surface area contributed by atoms with E-state index in [1.54, 1.807) is 0 Å². The maximum atomic E-state index is 9.61. The van der Waals surface area contributed by atoms with Crippen LogP contribution < -0.4 is 0 Å². The molecule has 6 heteroatoms. The van der Waals surface area contributed by atoms with E-state index in [-0.39, 0.29) is 19.5 Å². The maximum Gasteiger partial charge on any atom is 0 e. The van der Waals surface area contributed by atoms with E-state index in [2.05, 4.69) is 9.78 Å². The Morgan fingerprint density at radius 3 is 2.00 bits per heavy atom. The van der Waals surface area contributed by atoms with Gasteiger partial charge in [-0.25, -0.2) is 0 Å². The molecule has 0 aromatic heterocycles. The van der Waals surface area contributed by atoms with Crippen molar-refractivity contribution in [1.29, 1.82) is 0 Å². The molecule has 0 spiro atoms. The Bertz CT molecular complexity index is 79.8. The fraction of sp³-hybridized carbons (Fsp3) is 1.00. The molecule has 0 amide bonds. The second-order valence-corrected chi connectivity index (χ2v) is 2.38. The van der Waals surface area contributed by atoms with Crippen LogP contribution in [-0.2, 0) is 33.0 Å². The second-order valence-electron chi connectivity index (χ2n) is 0.806. The van der Waals surface area contributed by atoms with Gasteiger partial charge >= 0.3 is 39.1 Å². The van der Waals surface area contributed by atoms with Gasteiger partial charge in [0, 0.05) is 19.5 Å². The summed E-state index contributed by atoms with van der Waals surface area (Å²) >= 11 is -1.44. The second kappa shape index (κ2) is 2.42. The maximum absolute atomic E-state index is 9.61. The van der Waals surface area contributed by atoms with Crippen molar-refractivity contribution in [2.75, 3.05) is 0 Å². The van der Waals surface area contributed by atoms with Gasteiger partial charge in [-0.3, -0.25) is 0 Å². The molecule has 1 N–H and O–H groups in total. The van der Waals surface area contributed by atoms with Gasteiger partial charge in [-0.1, -0.05) is 0 Å². The van der Waals surface area contributed by atoms with Crippen molar-refractivity contribution >= 4 is 15.7 Å². The van der Waals surface area contributed by atoms with Crippen LogP contribution in [0.3, 0.4) is 0 Å². The van der Waals surface area contributed by atoms with E-state index in [1.807, 2.05) is 0 Å². The monoisotopic (exact) mass is 216 g/mol. The molecule has 0 unspecified atom stereocenters. The molecule has 0 saturated carbocycles. The summed E-state index contributed by atoms with van der Waals surface area (Å²) in [5, 5.41) is 8.22. The van der Waals surface area contributed by atoms with Gasteiger partial charge < -0.3 is 0 Å². The van der Waals surface area contributed by atoms with Crippen LogP contribution in [0.2, 0.25) is 0 Å². The first-order chi connectivity index (χ1) is 2.77. The number of rotatable bonds is 1. The molecule has 0 aromatic rings. The van der Waals surface area contributed by atoms with Crippen molar-refractivity contribution < 1.29 is 38.1 Å². The van der Waals surface area contributed by atoms with Crippen LogP contribution in [0.25, 0.3) is 0 Å². The average molecular weight is 217 g/mol. The third-order valence-electron chi connectivity index (χ3n) is 0.348. The van der Waals surface area contributed by atoms with Crippen LogP contribution in [0.15, 0.2) is 0 Å². The molecule has 1 heterocycles. The van der Waals surface area contributed by atoms with E-state index in [1.165, 1.54) is 0 Å². The van der Waals surface area contributed by atoms with Gasteiger partial charge in [0.05, 0.1) is 0 Å². The summed E-state index contributed by atoms with van der Waals surface area (Å²) in [6.45, 7) is 0. The molecule has 7 heavy (non-hydrogen) atoms. The molecular weight excluding hydrogens is 216 g/mol. The van der Waals surface area contributed by atoms with Crippen molar-refractivity contribution in [1.82, 2.24) is 0 Å². The number of aliphatic hydroxyl groups is 1. The molecule has 0 radical (unpaired) electrons. The molecular formula is CHAsO4Zn. The normalized spacial score (nSPS) is 23.6. The minimum atomic E-state index is -1.67. The van der Waals surface area contributed by atoms with Gasteiger partial charge in [-0.15, -0.1) is 0 Å². The topological polar surface area (TPSA) is 62.4 Å². The van der Waals surface area contributed by atoms with Gasteiger partial charge in [-0.2, -0.15) is 0 Å². The van der Waals surface area contributed by atoms with Gasteiger partial charge in [0.2, 0.25) is 0 Å². The quantitative estimate of drug-likeness (QED) is 0.333. The molecule has 1 aliphatic heterocycles. The molecule has 1 saturated heterocycles. The minimum Gasteiger partial charge on any atom is 0 e. The Kier molecular flexibility index (Phi) is 2.72. The molecule has 0 bridgehead atoms. The first kappa shape index (κ1) is 7.86. The van der Waals surface area contributed by atoms with E-state index < -0.39 is 20.5 Å². The van der Waals surface area contributed by atoms with Crippen LogP contribution in [-0.4, -0.2) is 25.6 Å². The first-order valence-corrected chi connectivity index (χ1v) is 2.91. The summed E-state index contributed by atoms with van der Waals surface area (Å²) in [6, 6.07) is 0. The Morgan fingerprint density at radius 2 is 2.00 bits per heavy atom. The molecule has 1 rings (SSSR count). The number of hydrogen-bond acceptors (Lipinski definition) is 4. The molecule has 1 fully saturated rings. The zero-order valence-electron chi connectivity index (χ0n) is 3.33. The Balaban J connectivity index is 0.000000360. The number of hydrogen-bond donors (Lipinski definition) is 1. The van der Waals surface area contributed by atoms with Crippen molar-refractivity contribution in [3.05, 3.63) is 0 Å². The summed E-state index contributed by atoms with van der Waals surface area (Å²) in [7, 11) is 0. The van der Waals surface area contributed by atoms with E-state index in [9.17, 15) is 3.74 Å². The first-order valence-electron chi connectivity index (χ1n) is 1.20. The van der Waals surface area contributed by atoms with E-state index >= 15 is 0 Å². The molecule has 36 valence electrons. The van der Waals surface area contributed by atoms with Crippen molar-refractivity contribution in [2.24, 2.45) is 0 Å². The van der Waals surface area contributed by atoms with Crippen molar-refractivity contribution in [3.63, 3.8) is 0 Å². The van der Waals surface area contributed by atoms with Crippen LogP contribution in [0, 0.1) is 0 Å². The Labute approximate surface area is 58.8 Å². The van der Waals surface area contributed by atoms with E-state index in [4.69, 9.17) is 5.11 Å². The smallest absolute Gasteiger partial charge is 0 e. The SMILES string of the molecule is O=[As]C1(O)OO1.[Zn]. The average Bonchev–Trinajstić information content (AvgIpc) is 2.22. The third kappa shape index (κ3) is 2.07. The van der Waals surface area contributed by atoms with Crippen LogP contribution in [0.1, 0.15) is 0 Å². The van der Waals surface area contributed by atoms with E-state index in [0.29, 0.717) is 0 Å². The summed E-state index contributed by atoms with van der Waals surface area (Å²) in [5.74, 6) is 0. The predicted octanol–water partition coefficient (Wildman–Crippen LogP) is -1.40. The summed E-state index contributed by atoms with van der Waals surface area (Å²) in [5.41, 5.74) is 0. The standard InChI is InChI=1S/CHAsO4.Zn/c3-1(2-4)5-6-1;/h3H;. The fourth-order valence-corrected chi connectivity index (χ4v) is 0.274. The van der Waals surface area contributed by atoms with Crippen LogP contribution >= 0.6 is 0 Å².